The molecule has 2 fully saturated rings. The first kappa shape index (κ1) is 9.93. The maximum Gasteiger partial charge on any atom is 0.323 e. The van der Waals surface area contributed by atoms with Crippen molar-refractivity contribution in [1.82, 2.24) is 0 Å². The van der Waals surface area contributed by atoms with E-state index in [1.807, 2.05) is 0 Å². The summed E-state index contributed by atoms with van der Waals surface area (Å²) in [6, 6.07) is 0. The van der Waals surface area contributed by atoms with Crippen LogP contribution in [-0.2, 0) is 9.53 Å². The molecule has 80 valence electrons. The summed E-state index contributed by atoms with van der Waals surface area (Å²) in [5.41, 5.74) is 4.71. The molecule has 2 rings (SSSR count). The zero-order valence-corrected chi connectivity index (χ0v) is 8.24. The maximum absolute atomic E-state index is 10.9. The van der Waals surface area contributed by atoms with E-state index in [1.54, 1.807) is 0 Å². The Morgan fingerprint density at radius 3 is 2.50 bits per heavy atom. The monoisotopic (exact) mass is 199 g/mol. The topological polar surface area (TPSA) is 72.6 Å². The Balaban J connectivity index is 1.84. The van der Waals surface area contributed by atoms with Crippen LogP contribution in [0.15, 0.2) is 0 Å². The molecule has 0 amide bonds. The standard InChI is InChI=1S/C10H17NO3/c11-10(9(12)13)5-4-8(6-10)14-7-2-1-3-7/h7-8H,1-6,11H2,(H,12,13). The van der Waals surface area contributed by atoms with E-state index in [4.69, 9.17) is 15.6 Å². The van der Waals surface area contributed by atoms with Crippen LogP contribution < -0.4 is 5.73 Å². The van der Waals surface area contributed by atoms with Crippen LogP contribution in [0, 0.1) is 0 Å². The third kappa shape index (κ3) is 1.77. The van der Waals surface area contributed by atoms with E-state index >= 15 is 0 Å². The second-order valence-electron chi connectivity index (χ2n) is 4.52. The summed E-state index contributed by atoms with van der Waals surface area (Å²) in [6.45, 7) is 0. The van der Waals surface area contributed by atoms with Gasteiger partial charge in [0.15, 0.2) is 0 Å². The van der Waals surface area contributed by atoms with Crippen molar-refractivity contribution in [3.05, 3.63) is 0 Å². The van der Waals surface area contributed by atoms with Crippen molar-refractivity contribution in [2.24, 2.45) is 5.73 Å². The van der Waals surface area contributed by atoms with E-state index in [2.05, 4.69) is 0 Å². The quantitative estimate of drug-likeness (QED) is 0.708. The van der Waals surface area contributed by atoms with Crippen molar-refractivity contribution in [2.45, 2.75) is 56.3 Å². The fourth-order valence-corrected chi connectivity index (χ4v) is 2.12. The number of hydrogen-bond donors (Lipinski definition) is 2. The van der Waals surface area contributed by atoms with Gasteiger partial charge in [0.05, 0.1) is 12.2 Å². The average molecular weight is 199 g/mol. The van der Waals surface area contributed by atoms with E-state index in [9.17, 15) is 4.79 Å². The molecule has 0 radical (unpaired) electrons. The van der Waals surface area contributed by atoms with Crippen LogP contribution in [0.2, 0.25) is 0 Å². The predicted molar refractivity (Wildman–Crippen MR) is 50.9 cm³/mol. The van der Waals surface area contributed by atoms with Crippen LogP contribution >= 0.6 is 0 Å². The van der Waals surface area contributed by atoms with Gasteiger partial charge in [-0.15, -0.1) is 0 Å². The first-order valence-corrected chi connectivity index (χ1v) is 5.28. The lowest BCUT2D eigenvalue weighted by molar-refractivity contribution is -0.143. The molecule has 3 N–H and O–H groups in total. The third-order valence-corrected chi connectivity index (χ3v) is 3.37. The van der Waals surface area contributed by atoms with Gasteiger partial charge in [-0.2, -0.15) is 0 Å². The summed E-state index contributed by atoms with van der Waals surface area (Å²) in [5.74, 6) is -0.891. The van der Waals surface area contributed by atoms with Gasteiger partial charge in [0, 0.05) is 6.42 Å². The SMILES string of the molecule is NC1(C(=O)O)CCC(OC2CCC2)C1. The highest BCUT2D eigenvalue weighted by Crippen LogP contribution is 2.33. The molecule has 2 aliphatic carbocycles. The Labute approximate surface area is 83.4 Å². The highest BCUT2D eigenvalue weighted by Gasteiger charge is 2.43. The lowest BCUT2D eigenvalue weighted by Crippen LogP contribution is -2.46. The van der Waals surface area contributed by atoms with Crippen LogP contribution in [0.4, 0.5) is 0 Å². The first-order chi connectivity index (χ1) is 6.60. The minimum atomic E-state index is -1.03. The zero-order chi connectivity index (χ0) is 10.2. The highest BCUT2D eigenvalue weighted by atomic mass is 16.5. The fraction of sp³-hybridized carbons (Fsp3) is 0.900. The maximum atomic E-state index is 10.9. The Morgan fingerprint density at radius 2 is 2.07 bits per heavy atom. The second kappa shape index (κ2) is 3.51. The number of carboxylic acids is 1. The molecule has 2 aliphatic rings. The van der Waals surface area contributed by atoms with Crippen molar-refractivity contribution in [1.29, 1.82) is 0 Å². The van der Waals surface area contributed by atoms with E-state index < -0.39 is 11.5 Å². The summed E-state index contributed by atoms with van der Waals surface area (Å²) in [5, 5.41) is 8.92. The normalized spacial score (nSPS) is 38.2. The number of carboxylic acid groups (broad SMARTS) is 1. The van der Waals surface area contributed by atoms with Crippen LogP contribution in [0.5, 0.6) is 0 Å². The van der Waals surface area contributed by atoms with Crippen LogP contribution in [0.1, 0.15) is 38.5 Å². The van der Waals surface area contributed by atoms with Crippen molar-refractivity contribution < 1.29 is 14.6 Å². The van der Waals surface area contributed by atoms with E-state index in [0.717, 1.165) is 19.3 Å². The fourth-order valence-electron chi connectivity index (χ4n) is 2.12. The third-order valence-electron chi connectivity index (χ3n) is 3.37. The summed E-state index contributed by atoms with van der Waals surface area (Å²) in [6.07, 6.45) is 5.74. The summed E-state index contributed by atoms with van der Waals surface area (Å²) < 4.78 is 5.75. The summed E-state index contributed by atoms with van der Waals surface area (Å²) in [7, 11) is 0. The molecule has 0 aromatic rings. The van der Waals surface area contributed by atoms with E-state index in [-0.39, 0.29) is 6.10 Å². The highest BCUT2D eigenvalue weighted by molar-refractivity contribution is 5.78. The molecule has 2 unspecified atom stereocenters. The number of ether oxygens (including phenoxy) is 1. The van der Waals surface area contributed by atoms with Gasteiger partial charge < -0.3 is 15.6 Å². The van der Waals surface area contributed by atoms with Gasteiger partial charge in [0.25, 0.3) is 0 Å². The van der Waals surface area contributed by atoms with E-state index in [0.29, 0.717) is 18.9 Å². The minimum absolute atomic E-state index is 0.0707. The summed E-state index contributed by atoms with van der Waals surface area (Å²) >= 11 is 0. The molecule has 0 saturated heterocycles. The van der Waals surface area contributed by atoms with Gasteiger partial charge in [0.2, 0.25) is 0 Å². The molecule has 0 heterocycles. The molecule has 2 atom stereocenters. The van der Waals surface area contributed by atoms with Crippen molar-refractivity contribution in [3.8, 4) is 0 Å². The van der Waals surface area contributed by atoms with Crippen LogP contribution in [0.3, 0.4) is 0 Å². The largest absolute Gasteiger partial charge is 0.480 e. The molecular weight excluding hydrogens is 182 g/mol. The number of rotatable bonds is 3. The average Bonchev–Trinajstić information content (AvgIpc) is 2.42. The smallest absolute Gasteiger partial charge is 0.323 e. The molecule has 0 aromatic heterocycles. The van der Waals surface area contributed by atoms with Gasteiger partial charge in [0.1, 0.15) is 5.54 Å². The van der Waals surface area contributed by atoms with Gasteiger partial charge in [-0.1, -0.05) is 0 Å². The lowest BCUT2D eigenvalue weighted by Gasteiger charge is -2.29. The molecule has 0 bridgehead atoms. The molecule has 4 heteroatoms. The number of hydrogen-bond acceptors (Lipinski definition) is 3. The second-order valence-corrected chi connectivity index (χ2v) is 4.52. The molecule has 0 spiro atoms. The molecule has 0 aliphatic heterocycles. The molecule has 4 nitrogen and oxygen atoms in total. The van der Waals surface area contributed by atoms with Crippen LogP contribution in [-0.4, -0.2) is 28.8 Å². The zero-order valence-electron chi connectivity index (χ0n) is 8.24. The lowest BCUT2D eigenvalue weighted by atomic mass is 9.95. The van der Waals surface area contributed by atoms with Crippen LogP contribution in [0.25, 0.3) is 0 Å². The van der Waals surface area contributed by atoms with Gasteiger partial charge in [-0.3, -0.25) is 4.79 Å². The van der Waals surface area contributed by atoms with Gasteiger partial charge >= 0.3 is 5.97 Å². The number of carbonyl (C=O) groups is 1. The van der Waals surface area contributed by atoms with Gasteiger partial charge in [-0.25, -0.2) is 0 Å². The Kier molecular flexibility index (Phi) is 2.49. The van der Waals surface area contributed by atoms with Crippen molar-refractivity contribution >= 4 is 5.97 Å². The molecule has 14 heavy (non-hydrogen) atoms. The molecule has 0 aromatic carbocycles. The predicted octanol–water partition coefficient (Wildman–Crippen LogP) is 0.890. The molecule has 2 saturated carbocycles. The Bertz CT molecular complexity index is 240. The number of nitrogens with two attached hydrogens (primary N) is 1. The first-order valence-electron chi connectivity index (χ1n) is 5.28. The van der Waals surface area contributed by atoms with E-state index in [1.165, 1.54) is 6.42 Å². The Morgan fingerprint density at radius 1 is 1.36 bits per heavy atom. The summed E-state index contributed by atoms with van der Waals surface area (Å²) in [4.78, 5) is 10.9. The number of aliphatic carboxylic acids is 1. The minimum Gasteiger partial charge on any atom is -0.480 e. The Hall–Kier alpha value is -0.610. The molecular formula is C10H17NO3. The van der Waals surface area contributed by atoms with Crippen molar-refractivity contribution in [3.63, 3.8) is 0 Å². The van der Waals surface area contributed by atoms with Gasteiger partial charge in [-0.05, 0) is 32.1 Å². The van der Waals surface area contributed by atoms with Crippen molar-refractivity contribution in [2.75, 3.05) is 0 Å².